The van der Waals surface area contributed by atoms with E-state index in [-0.39, 0.29) is 22.1 Å². The minimum atomic E-state index is -3.86. The van der Waals surface area contributed by atoms with Gasteiger partial charge in [-0.15, -0.1) is 11.3 Å². The predicted octanol–water partition coefficient (Wildman–Crippen LogP) is 4.17. The molecule has 0 unspecified atom stereocenters. The van der Waals surface area contributed by atoms with Crippen LogP contribution in [0, 0.1) is 0 Å². The van der Waals surface area contributed by atoms with Crippen molar-refractivity contribution in [2.24, 2.45) is 0 Å². The van der Waals surface area contributed by atoms with Gasteiger partial charge in [0.05, 0.1) is 15.6 Å². The van der Waals surface area contributed by atoms with E-state index in [2.05, 4.69) is 10.0 Å². The molecule has 3 rings (SSSR count). The van der Waals surface area contributed by atoms with Crippen molar-refractivity contribution in [1.29, 1.82) is 0 Å². The van der Waals surface area contributed by atoms with Crippen LogP contribution in [0.4, 0.5) is 5.69 Å². The van der Waals surface area contributed by atoms with E-state index in [9.17, 15) is 13.2 Å². The van der Waals surface area contributed by atoms with Crippen LogP contribution in [-0.2, 0) is 16.4 Å². The molecule has 3 aromatic rings. The Kier molecular flexibility index (Phi) is 6.15. The molecule has 140 valence electrons. The zero-order valence-corrected chi connectivity index (χ0v) is 16.6. The maximum Gasteiger partial charge on any atom is 0.261 e. The number of thiophene rings is 1. The van der Waals surface area contributed by atoms with E-state index in [0.717, 1.165) is 6.42 Å². The number of sulfonamides is 1. The lowest BCUT2D eigenvalue weighted by atomic mass is 10.2. The summed E-state index contributed by atoms with van der Waals surface area (Å²) in [6.45, 7) is 0.480. The number of amides is 1. The van der Waals surface area contributed by atoms with Crippen molar-refractivity contribution in [3.05, 3.63) is 81.5 Å². The second-order valence-corrected chi connectivity index (χ2v) is 8.82. The minimum absolute atomic E-state index is 0.00618. The van der Waals surface area contributed by atoms with Gasteiger partial charge in [0.25, 0.3) is 15.9 Å². The second kappa shape index (κ2) is 8.56. The van der Waals surface area contributed by atoms with E-state index < -0.39 is 10.0 Å². The Balaban J connectivity index is 1.70. The molecule has 0 spiro atoms. The van der Waals surface area contributed by atoms with Crippen molar-refractivity contribution < 1.29 is 13.2 Å². The molecule has 0 aliphatic rings. The van der Waals surface area contributed by atoms with Crippen molar-refractivity contribution in [1.82, 2.24) is 5.32 Å². The van der Waals surface area contributed by atoms with Gasteiger partial charge in [0.2, 0.25) is 0 Å². The average Bonchev–Trinajstić information content (AvgIpc) is 3.17. The third-order valence-electron chi connectivity index (χ3n) is 3.76. The van der Waals surface area contributed by atoms with Crippen LogP contribution in [0.25, 0.3) is 0 Å². The fraction of sp³-hybridized carbons (Fsp3) is 0.105. The molecule has 0 atom stereocenters. The topological polar surface area (TPSA) is 75.3 Å². The first-order chi connectivity index (χ1) is 13.0. The number of hydrogen-bond acceptors (Lipinski definition) is 4. The molecule has 2 N–H and O–H groups in total. The first-order valence-corrected chi connectivity index (χ1v) is 10.9. The summed E-state index contributed by atoms with van der Waals surface area (Å²) in [6.07, 6.45) is 0.732. The third-order valence-corrected chi connectivity index (χ3v) is 6.39. The molecule has 0 saturated carbocycles. The number of halogens is 1. The summed E-state index contributed by atoms with van der Waals surface area (Å²) in [6, 6.07) is 16.4. The van der Waals surface area contributed by atoms with Crippen molar-refractivity contribution >= 4 is 44.6 Å². The van der Waals surface area contributed by atoms with Crippen molar-refractivity contribution in [2.45, 2.75) is 11.3 Å². The van der Waals surface area contributed by atoms with Crippen LogP contribution < -0.4 is 10.0 Å². The average molecular weight is 421 g/mol. The van der Waals surface area contributed by atoms with Gasteiger partial charge >= 0.3 is 0 Å². The molecule has 0 saturated heterocycles. The van der Waals surface area contributed by atoms with Crippen molar-refractivity contribution in [3.8, 4) is 0 Å². The van der Waals surface area contributed by atoms with Gasteiger partial charge in [0, 0.05) is 17.0 Å². The highest BCUT2D eigenvalue weighted by molar-refractivity contribution is 7.92. The molecule has 0 bridgehead atoms. The molecule has 27 heavy (non-hydrogen) atoms. The van der Waals surface area contributed by atoms with E-state index >= 15 is 0 Å². The normalized spacial score (nSPS) is 11.1. The zero-order chi connectivity index (χ0) is 19.3. The standard InChI is InChI=1S/C19H17ClN2O3S2/c20-17-8-1-2-9-18(17)22-27(24,25)16-7-3-5-14(13-16)19(23)21-11-10-15-6-4-12-26-15/h1-9,12-13,22H,10-11H2,(H,21,23). The van der Waals surface area contributed by atoms with Crippen LogP contribution in [-0.4, -0.2) is 20.9 Å². The van der Waals surface area contributed by atoms with Gasteiger partial charge in [-0.3, -0.25) is 9.52 Å². The molecule has 0 aliphatic carbocycles. The fourth-order valence-electron chi connectivity index (χ4n) is 2.41. The first kappa shape index (κ1) is 19.4. The number of carbonyl (C=O) groups excluding carboxylic acids is 1. The van der Waals surface area contributed by atoms with E-state index in [1.165, 1.54) is 23.1 Å². The number of para-hydroxylation sites is 1. The fourth-order valence-corrected chi connectivity index (χ4v) is 4.48. The predicted molar refractivity (Wildman–Crippen MR) is 109 cm³/mol. The molecule has 0 fully saturated rings. The van der Waals surface area contributed by atoms with Crippen LogP contribution in [0.5, 0.6) is 0 Å². The van der Waals surface area contributed by atoms with Gasteiger partial charge in [-0.2, -0.15) is 0 Å². The molecule has 8 heteroatoms. The highest BCUT2D eigenvalue weighted by Gasteiger charge is 2.17. The smallest absolute Gasteiger partial charge is 0.261 e. The van der Waals surface area contributed by atoms with Crippen molar-refractivity contribution in [2.75, 3.05) is 11.3 Å². The van der Waals surface area contributed by atoms with Gasteiger partial charge in [0.1, 0.15) is 0 Å². The van der Waals surface area contributed by atoms with E-state index in [1.54, 1.807) is 41.7 Å². The van der Waals surface area contributed by atoms with Crippen LogP contribution in [0.15, 0.2) is 70.9 Å². The SMILES string of the molecule is O=C(NCCc1cccs1)c1cccc(S(=O)(=O)Nc2ccccc2Cl)c1. The molecule has 2 aromatic carbocycles. The van der Waals surface area contributed by atoms with Gasteiger partial charge < -0.3 is 5.32 Å². The summed E-state index contributed by atoms with van der Waals surface area (Å²) in [5.41, 5.74) is 0.563. The number of nitrogens with one attached hydrogen (secondary N) is 2. The Labute approximate surface area is 167 Å². The summed E-state index contributed by atoms with van der Waals surface area (Å²) in [5, 5.41) is 5.08. The van der Waals surface area contributed by atoms with Crippen LogP contribution >= 0.6 is 22.9 Å². The second-order valence-electron chi connectivity index (χ2n) is 5.70. The molecule has 0 aliphatic heterocycles. The monoisotopic (exact) mass is 420 g/mol. The number of hydrogen-bond donors (Lipinski definition) is 2. The molecule has 0 radical (unpaired) electrons. The molecule has 1 amide bonds. The lowest BCUT2D eigenvalue weighted by Gasteiger charge is -2.11. The summed E-state index contributed by atoms with van der Waals surface area (Å²) >= 11 is 7.64. The molecular formula is C19H17ClN2O3S2. The van der Waals surface area contributed by atoms with Gasteiger partial charge in [-0.25, -0.2) is 8.42 Å². The Morgan fingerprint density at radius 2 is 1.85 bits per heavy atom. The maximum atomic E-state index is 12.6. The maximum absolute atomic E-state index is 12.6. The van der Waals surface area contributed by atoms with Crippen LogP contribution in [0.3, 0.4) is 0 Å². The van der Waals surface area contributed by atoms with E-state index in [0.29, 0.717) is 11.6 Å². The summed E-state index contributed by atoms with van der Waals surface area (Å²) in [4.78, 5) is 13.5. The Morgan fingerprint density at radius 1 is 1.04 bits per heavy atom. The quantitative estimate of drug-likeness (QED) is 0.602. The van der Waals surface area contributed by atoms with Gasteiger partial charge in [-0.05, 0) is 48.2 Å². The Morgan fingerprint density at radius 3 is 2.59 bits per heavy atom. The lowest BCUT2D eigenvalue weighted by Crippen LogP contribution is -2.25. The van der Waals surface area contributed by atoms with Gasteiger partial charge in [-0.1, -0.05) is 35.9 Å². The summed E-state index contributed by atoms with van der Waals surface area (Å²) in [5.74, 6) is -0.318. The van der Waals surface area contributed by atoms with E-state index in [4.69, 9.17) is 11.6 Å². The first-order valence-electron chi connectivity index (χ1n) is 8.14. The highest BCUT2D eigenvalue weighted by Crippen LogP contribution is 2.24. The number of anilines is 1. The number of carbonyl (C=O) groups is 1. The van der Waals surface area contributed by atoms with Crippen LogP contribution in [0.2, 0.25) is 5.02 Å². The van der Waals surface area contributed by atoms with E-state index in [1.807, 2.05) is 17.5 Å². The molecule has 1 aromatic heterocycles. The number of rotatable bonds is 7. The molecular weight excluding hydrogens is 404 g/mol. The third kappa shape index (κ3) is 5.09. The Hall–Kier alpha value is -2.35. The summed E-state index contributed by atoms with van der Waals surface area (Å²) < 4.78 is 27.6. The highest BCUT2D eigenvalue weighted by atomic mass is 35.5. The zero-order valence-electron chi connectivity index (χ0n) is 14.2. The Bertz CT molecular complexity index is 1030. The minimum Gasteiger partial charge on any atom is -0.352 e. The van der Waals surface area contributed by atoms with Crippen LogP contribution in [0.1, 0.15) is 15.2 Å². The summed E-state index contributed by atoms with van der Waals surface area (Å²) in [7, 11) is -3.86. The lowest BCUT2D eigenvalue weighted by molar-refractivity contribution is 0.0954. The largest absolute Gasteiger partial charge is 0.352 e. The molecule has 5 nitrogen and oxygen atoms in total. The number of benzene rings is 2. The molecule has 1 heterocycles. The van der Waals surface area contributed by atoms with Gasteiger partial charge in [0.15, 0.2) is 0 Å². The van der Waals surface area contributed by atoms with Crippen molar-refractivity contribution in [3.63, 3.8) is 0 Å².